The van der Waals surface area contributed by atoms with Gasteiger partial charge in [-0.05, 0) is 120 Å². The van der Waals surface area contributed by atoms with Crippen LogP contribution in [0.1, 0.15) is 89.9 Å². The number of carbonyl (C=O) groups excluding carboxylic acids is 2. The molecule has 0 saturated heterocycles. The van der Waals surface area contributed by atoms with Crippen molar-refractivity contribution >= 4 is 36.6 Å². The normalized spacial score (nSPS) is 13.6. The van der Waals surface area contributed by atoms with Crippen molar-refractivity contribution in [3.8, 4) is 22.6 Å². The first-order valence-electron chi connectivity index (χ1n) is 18.6. The number of hydrogen-bond donors (Lipinski definition) is 0. The van der Waals surface area contributed by atoms with Crippen LogP contribution >= 0.6 is 0 Å². The lowest BCUT2D eigenvalue weighted by molar-refractivity contribution is 0.156. The Morgan fingerprint density at radius 1 is 0.774 bits per heavy atom. The maximum atomic E-state index is 15.1. The van der Waals surface area contributed by atoms with Crippen LogP contribution in [0.2, 0.25) is 0 Å². The van der Waals surface area contributed by atoms with E-state index in [9.17, 15) is 9.59 Å². The molecule has 0 fully saturated rings. The highest BCUT2D eigenvalue weighted by Gasteiger charge is 2.33. The number of aromatic nitrogens is 1. The third-order valence-electron chi connectivity index (χ3n) is 10.2. The van der Waals surface area contributed by atoms with Gasteiger partial charge in [-0.1, -0.05) is 19.9 Å². The minimum atomic E-state index is -2.81. The summed E-state index contributed by atoms with van der Waals surface area (Å²) in [5.41, 5.74) is 8.75. The maximum absolute atomic E-state index is 15.1. The predicted octanol–water partition coefficient (Wildman–Crippen LogP) is 9.81. The van der Waals surface area contributed by atoms with Gasteiger partial charge in [0.2, 0.25) is 0 Å². The maximum Gasteiger partial charge on any atom is 0.677 e. The van der Waals surface area contributed by atoms with Crippen molar-refractivity contribution in [2.24, 2.45) is 4.99 Å². The van der Waals surface area contributed by atoms with Crippen LogP contribution in [0.4, 0.5) is 23.9 Å². The van der Waals surface area contributed by atoms with Crippen molar-refractivity contribution in [1.82, 2.24) is 14.3 Å². The summed E-state index contributed by atoms with van der Waals surface area (Å²) in [4.78, 5) is 37.0. The monoisotopic (exact) mass is 729 g/mol. The number of ether oxygens (including phenoxy) is 2. The number of aliphatic imine (C=N–C) groups is 1. The van der Waals surface area contributed by atoms with Crippen molar-refractivity contribution in [2.75, 3.05) is 45.2 Å². The van der Waals surface area contributed by atoms with Crippen LogP contribution in [0.15, 0.2) is 58.2 Å². The molecule has 0 aliphatic carbocycles. The Labute approximate surface area is 314 Å². The van der Waals surface area contributed by atoms with Gasteiger partial charge in [-0.15, -0.1) is 0 Å². The number of anilines is 1. The quantitative estimate of drug-likeness (QED) is 0.164. The number of nitrogens with zero attached hydrogens (tertiary/aromatic N) is 5. The Morgan fingerprint density at radius 2 is 1.30 bits per heavy atom. The van der Waals surface area contributed by atoms with E-state index in [0.717, 1.165) is 44.6 Å². The summed E-state index contributed by atoms with van der Waals surface area (Å²) in [5.74, 6) is 0.471. The number of rotatable bonds is 13. The Kier molecular flexibility index (Phi) is 13.4. The Morgan fingerprint density at radius 3 is 1.75 bits per heavy atom. The fourth-order valence-electron chi connectivity index (χ4n) is 7.23. The van der Waals surface area contributed by atoms with Crippen LogP contribution in [-0.4, -0.2) is 79.9 Å². The summed E-state index contributed by atoms with van der Waals surface area (Å²) < 4.78 is 43.6. The molecule has 2 amide bonds. The second kappa shape index (κ2) is 17.3. The molecule has 53 heavy (non-hydrogen) atoms. The summed E-state index contributed by atoms with van der Waals surface area (Å²) in [6, 6.07) is 10.9. The third kappa shape index (κ3) is 8.06. The van der Waals surface area contributed by atoms with Crippen molar-refractivity contribution in [3.05, 3.63) is 81.3 Å². The van der Waals surface area contributed by atoms with E-state index >= 15 is 8.63 Å². The number of carbonyl (C=O) groups is 2. The van der Waals surface area contributed by atoms with Gasteiger partial charge in [-0.2, -0.15) is 0 Å². The summed E-state index contributed by atoms with van der Waals surface area (Å²) in [6.07, 6.45) is 0.236. The molecule has 0 radical (unpaired) electrons. The molecule has 2 aromatic carbocycles. The van der Waals surface area contributed by atoms with Gasteiger partial charge in [0.25, 0.3) is 0 Å². The second-order valence-electron chi connectivity index (χ2n) is 13.3. The first kappa shape index (κ1) is 40.9. The zero-order valence-electron chi connectivity index (χ0n) is 33.4. The standard InChI is InChI=1S/C41H54BF2N5O4/c1-13-31-25(7)38(45-27(31)9)37(39-26(8)32(14-2)28(10)49(39)42(43)44)29-19-21-33(35(23-29)52-40(50)47(15-3)16-4)34-22-20-30(46(11)12)24-36(34)53-41(51)48(17-5)18-6/h19-24H,13-18H2,1-12H3/b38-37-. The molecule has 0 unspecified atom stereocenters. The molecule has 4 rings (SSSR count). The lowest BCUT2D eigenvalue weighted by Crippen LogP contribution is -2.33. The lowest BCUT2D eigenvalue weighted by Gasteiger charge is -2.23. The van der Waals surface area contributed by atoms with Crippen LogP contribution in [0.5, 0.6) is 11.5 Å². The van der Waals surface area contributed by atoms with Gasteiger partial charge in [0.1, 0.15) is 11.5 Å². The molecule has 1 aliphatic rings. The number of benzene rings is 2. The molecule has 3 aromatic rings. The molecule has 0 N–H and O–H groups in total. The SMILES string of the molecule is CCC1=C(C)/C(=C(\c2ccc(-c3ccc(N(C)C)cc3OC(=O)N(CC)CC)c(OC(=O)N(CC)CC)c2)c2c(C)c(CC)c(C)n2B(F)F)N=C1C. The van der Waals surface area contributed by atoms with Crippen molar-refractivity contribution < 1.29 is 27.7 Å². The average molecular weight is 730 g/mol. The predicted molar refractivity (Wildman–Crippen MR) is 213 cm³/mol. The zero-order valence-corrected chi connectivity index (χ0v) is 33.4. The van der Waals surface area contributed by atoms with Crippen LogP contribution < -0.4 is 14.4 Å². The van der Waals surface area contributed by atoms with E-state index in [4.69, 9.17) is 14.5 Å². The summed E-state index contributed by atoms with van der Waals surface area (Å²) in [5, 5.41) is 0. The molecular weight excluding hydrogens is 675 g/mol. The van der Waals surface area contributed by atoms with Gasteiger partial charge in [-0.3, -0.25) is 13.6 Å². The van der Waals surface area contributed by atoms with E-state index in [1.165, 1.54) is 0 Å². The van der Waals surface area contributed by atoms with E-state index in [0.29, 0.717) is 71.9 Å². The highest BCUT2D eigenvalue weighted by molar-refractivity contribution is 6.41. The number of amides is 2. The smallest absolute Gasteiger partial charge is 0.410 e. The highest BCUT2D eigenvalue weighted by atomic mass is 19.2. The zero-order chi connectivity index (χ0) is 39.3. The minimum absolute atomic E-state index is 0.187. The molecule has 1 aromatic heterocycles. The van der Waals surface area contributed by atoms with Gasteiger partial charge in [-0.25, -0.2) is 9.59 Å². The Bertz CT molecular complexity index is 1960. The fraction of sp³-hybridized carbons (Fsp3) is 0.439. The summed E-state index contributed by atoms with van der Waals surface area (Å²) >= 11 is 0. The lowest BCUT2D eigenvalue weighted by atomic mass is 9.90. The molecular formula is C41H54BF2N5O4. The van der Waals surface area contributed by atoms with Crippen molar-refractivity contribution in [1.29, 1.82) is 0 Å². The van der Waals surface area contributed by atoms with Gasteiger partial charge in [0, 0.05) is 85.8 Å². The minimum Gasteiger partial charge on any atom is -0.410 e. The van der Waals surface area contributed by atoms with Gasteiger partial charge in [0.15, 0.2) is 0 Å². The second-order valence-corrected chi connectivity index (χ2v) is 13.3. The molecule has 1 aliphatic heterocycles. The van der Waals surface area contributed by atoms with E-state index in [1.807, 2.05) is 92.6 Å². The molecule has 0 saturated carbocycles. The van der Waals surface area contributed by atoms with Crippen molar-refractivity contribution in [2.45, 2.75) is 82.1 Å². The first-order valence-corrected chi connectivity index (χ1v) is 18.6. The first-order chi connectivity index (χ1) is 25.2. The van der Waals surface area contributed by atoms with E-state index in [2.05, 4.69) is 6.92 Å². The van der Waals surface area contributed by atoms with E-state index in [1.54, 1.807) is 34.9 Å². The molecule has 284 valence electrons. The Hall–Kier alpha value is -4.87. The van der Waals surface area contributed by atoms with Crippen LogP contribution in [0, 0.1) is 13.8 Å². The van der Waals surface area contributed by atoms with Crippen LogP contribution in [-0.2, 0) is 6.42 Å². The largest absolute Gasteiger partial charge is 0.677 e. The summed E-state index contributed by atoms with van der Waals surface area (Å²) in [6.45, 7) is 20.8. The number of allylic oxidation sites excluding steroid dienone is 2. The average Bonchev–Trinajstić information content (AvgIpc) is 3.55. The molecule has 0 spiro atoms. The van der Waals surface area contributed by atoms with Gasteiger partial charge < -0.3 is 28.7 Å². The molecule has 0 bridgehead atoms. The van der Waals surface area contributed by atoms with Crippen LogP contribution in [0.3, 0.4) is 0 Å². The van der Waals surface area contributed by atoms with Gasteiger partial charge >= 0.3 is 19.6 Å². The van der Waals surface area contributed by atoms with E-state index in [-0.39, 0.29) is 11.5 Å². The fourth-order valence-corrected chi connectivity index (χ4v) is 7.23. The third-order valence-corrected chi connectivity index (χ3v) is 10.2. The molecule has 12 heteroatoms. The molecule has 0 atom stereocenters. The van der Waals surface area contributed by atoms with Crippen molar-refractivity contribution in [3.63, 3.8) is 0 Å². The Balaban J connectivity index is 2.12. The van der Waals surface area contributed by atoms with Gasteiger partial charge in [0.05, 0.1) is 5.70 Å². The van der Waals surface area contributed by atoms with E-state index < -0.39 is 19.6 Å². The summed E-state index contributed by atoms with van der Waals surface area (Å²) in [7, 11) is 0.976. The number of halogens is 2. The topological polar surface area (TPSA) is 79.6 Å². The molecule has 2 heterocycles. The van der Waals surface area contributed by atoms with Crippen LogP contribution in [0.25, 0.3) is 16.7 Å². The molecule has 9 nitrogen and oxygen atoms in total. The number of hydrogen-bond acceptors (Lipinski definition) is 6. The highest BCUT2D eigenvalue weighted by Crippen LogP contribution is 2.45.